The molecule has 3 nitrogen and oxygen atoms in total. The number of quaternary nitrogens is 1. The van der Waals surface area contributed by atoms with Crippen LogP contribution in [-0.4, -0.2) is 6.23 Å². The third kappa shape index (κ3) is 2.13. The molecule has 118 valence electrons. The van der Waals surface area contributed by atoms with Crippen molar-refractivity contribution in [3.63, 3.8) is 0 Å². The van der Waals surface area contributed by atoms with Crippen LogP contribution in [0.5, 0.6) is 0 Å². The molecule has 1 N–H and O–H groups in total. The molecule has 0 bridgehead atoms. The van der Waals surface area contributed by atoms with Gasteiger partial charge in [-0.15, -0.1) is 0 Å². The molecule has 5 rings (SSSR count). The molecule has 0 spiro atoms. The zero-order valence-corrected chi connectivity index (χ0v) is 13.4. The first-order chi connectivity index (χ1) is 11.9. The lowest BCUT2D eigenvalue weighted by Gasteiger charge is -2.25. The fourth-order valence-electron chi connectivity index (χ4n) is 3.82. The second kappa shape index (κ2) is 5.48. The van der Waals surface area contributed by atoms with Crippen molar-refractivity contribution in [3.05, 3.63) is 96.0 Å². The quantitative estimate of drug-likeness (QED) is 0.917. The molecule has 2 heterocycles. The third-order valence-corrected chi connectivity index (χ3v) is 5.00. The van der Waals surface area contributed by atoms with Crippen molar-refractivity contribution in [1.29, 1.82) is 0 Å². The normalized spacial score (nSPS) is 24.4. The number of hydrogen-bond donors (Lipinski definition) is 1. The van der Waals surface area contributed by atoms with Crippen LogP contribution in [0.2, 0.25) is 0 Å². The minimum Gasteiger partial charge on any atom is -0.249 e. The zero-order valence-electron chi connectivity index (χ0n) is 13.4. The summed E-state index contributed by atoms with van der Waals surface area (Å²) in [6, 6.07) is 18.9. The molecule has 24 heavy (non-hydrogen) atoms. The van der Waals surface area contributed by atoms with Gasteiger partial charge in [-0.1, -0.05) is 42.5 Å². The van der Waals surface area contributed by atoms with E-state index in [1.54, 1.807) is 0 Å². The predicted molar refractivity (Wildman–Crippen MR) is 94.7 cm³/mol. The minimum atomic E-state index is -0.000724. The number of nitrogens with one attached hydrogen (secondary N) is 1. The van der Waals surface area contributed by atoms with Crippen molar-refractivity contribution < 1.29 is 9.74 Å². The first kappa shape index (κ1) is 13.8. The lowest BCUT2D eigenvalue weighted by molar-refractivity contribution is -0.851. The first-order valence-electron chi connectivity index (χ1n) is 8.46. The van der Waals surface area contributed by atoms with E-state index in [-0.39, 0.29) is 6.23 Å². The standard InChI is InChI=1S/C21H18N2O/c1-2-7-17(8-3-1)23-15-13-21(24-23)22-14-12-19-18-9-5-4-6-16(18)10-11-20(19)22/h1-9,12-15,21H,10-11H2/p+1. The van der Waals surface area contributed by atoms with Crippen LogP contribution in [-0.2, 0) is 11.3 Å². The van der Waals surface area contributed by atoms with Gasteiger partial charge in [-0.3, -0.25) is 0 Å². The second-order valence-electron chi connectivity index (χ2n) is 6.37. The monoisotopic (exact) mass is 315 g/mol. The van der Waals surface area contributed by atoms with Gasteiger partial charge in [-0.25, -0.2) is 14.8 Å². The molecule has 0 radical (unpaired) electrons. The molecule has 2 aliphatic heterocycles. The van der Waals surface area contributed by atoms with Crippen LogP contribution in [0.15, 0.2) is 84.8 Å². The molecular weight excluding hydrogens is 296 g/mol. The molecule has 0 fully saturated rings. The van der Waals surface area contributed by atoms with Crippen LogP contribution in [0.3, 0.4) is 0 Å². The Bertz CT molecular complexity index is 866. The van der Waals surface area contributed by atoms with Crippen molar-refractivity contribution >= 4 is 11.3 Å². The van der Waals surface area contributed by atoms with Crippen molar-refractivity contribution in [3.8, 4) is 0 Å². The van der Waals surface area contributed by atoms with Gasteiger partial charge in [0.25, 0.3) is 0 Å². The predicted octanol–water partition coefficient (Wildman–Crippen LogP) is 3.05. The summed E-state index contributed by atoms with van der Waals surface area (Å²) in [7, 11) is 0. The Kier molecular flexibility index (Phi) is 3.15. The van der Waals surface area contributed by atoms with Crippen LogP contribution in [0.25, 0.3) is 5.57 Å². The van der Waals surface area contributed by atoms with Crippen molar-refractivity contribution in [2.75, 3.05) is 5.06 Å². The van der Waals surface area contributed by atoms with Gasteiger partial charge in [0.15, 0.2) is 0 Å². The Morgan fingerprint density at radius 3 is 2.71 bits per heavy atom. The number of anilines is 1. The number of allylic oxidation sites excluding steroid dienone is 3. The Balaban J connectivity index is 1.42. The topological polar surface area (TPSA) is 16.9 Å². The molecule has 0 amide bonds. The van der Waals surface area contributed by atoms with Crippen molar-refractivity contribution in [1.82, 2.24) is 0 Å². The van der Waals surface area contributed by atoms with Crippen molar-refractivity contribution in [2.45, 2.75) is 19.1 Å². The number of benzene rings is 2. The van der Waals surface area contributed by atoms with E-state index in [0.717, 1.165) is 18.5 Å². The molecule has 2 aromatic rings. The van der Waals surface area contributed by atoms with E-state index in [0.29, 0.717) is 0 Å². The molecule has 2 aromatic carbocycles. The van der Waals surface area contributed by atoms with Gasteiger partial charge >= 0.3 is 0 Å². The zero-order chi connectivity index (χ0) is 15.9. The largest absolute Gasteiger partial charge is 0.249 e. The summed E-state index contributed by atoms with van der Waals surface area (Å²) < 4.78 is 0. The summed E-state index contributed by atoms with van der Waals surface area (Å²) in [6.45, 7) is 0. The summed E-state index contributed by atoms with van der Waals surface area (Å²) >= 11 is 0. The van der Waals surface area contributed by atoms with Crippen LogP contribution in [0.4, 0.5) is 5.69 Å². The summed E-state index contributed by atoms with van der Waals surface area (Å²) in [6.07, 6.45) is 10.9. The molecule has 3 aliphatic rings. The highest BCUT2D eigenvalue weighted by Gasteiger charge is 2.36. The van der Waals surface area contributed by atoms with Crippen LogP contribution < -0.4 is 9.96 Å². The van der Waals surface area contributed by atoms with Gasteiger partial charge in [0.1, 0.15) is 11.9 Å². The summed E-state index contributed by atoms with van der Waals surface area (Å²) in [5.74, 6) is 0. The number of hydroxylamine groups is 1. The van der Waals surface area contributed by atoms with E-state index in [1.807, 2.05) is 29.5 Å². The van der Waals surface area contributed by atoms with E-state index in [4.69, 9.17) is 4.84 Å². The molecule has 0 saturated heterocycles. The van der Waals surface area contributed by atoms with E-state index in [9.17, 15) is 0 Å². The van der Waals surface area contributed by atoms with Gasteiger partial charge in [-0.05, 0) is 29.7 Å². The Hall–Kier alpha value is -2.62. The van der Waals surface area contributed by atoms with Crippen LogP contribution >= 0.6 is 0 Å². The Morgan fingerprint density at radius 2 is 1.79 bits per heavy atom. The van der Waals surface area contributed by atoms with E-state index >= 15 is 0 Å². The van der Waals surface area contributed by atoms with Gasteiger partial charge in [-0.2, -0.15) is 0 Å². The summed E-state index contributed by atoms with van der Waals surface area (Å²) in [5, 5.41) is 1.86. The lowest BCUT2D eigenvalue weighted by atomic mass is 9.89. The van der Waals surface area contributed by atoms with Crippen LogP contribution in [0.1, 0.15) is 17.5 Å². The summed E-state index contributed by atoms with van der Waals surface area (Å²) in [4.78, 5) is 7.47. The third-order valence-electron chi connectivity index (χ3n) is 5.00. The van der Waals surface area contributed by atoms with E-state index in [1.165, 1.54) is 27.3 Å². The number of para-hydroxylation sites is 1. The van der Waals surface area contributed by atoms with Crippen LogP contribution in [0, 0.1) is 0 Å². The lowest BCUT2D eigenvalue weighted by Crippen LogP contribution is -3.09. The fourth-order valence-corrected chi connectivity index (χ4v) is 3.82. The molecule has 2 atom stereocenters. The molecule has 0 saturated carbocycles. The average molecular weight is 315 g/mol. The maximum atomic E-state index is 6.17. The van der Waals surface area contributed by atoms with Gasteiger partial charge in [0, 0.05) is 30.3 Å². The summed E-state index contributed by atoms with van der Waals surface area (Å²) in [5.41, 5.74) is 6.71. The number of hydrogen-bond acceptors (Lipinski definition) is 2. The van der Waals surface area contributed by atoms with Gasteiger partial charge in [0.05, 0.1) is 5.69 Å². The minimum absolute atomic E-state index is 0.000724. The highest BCUT2D eigenvalue weighted by molar-refractivity contribution is 5.79. The smallest absolute Gasteiger partial charge is 0.246 e. The second-order valence-corrected chi connectivity index (χ2v) is 6.37. The van der Waals surface area contributed by atoms with E-state index in [2.05, 4.69) is 54.8 Å². The number of nitrogens with zero attached hydrogens (tertiary/aromatic N) is 1. The maximum absolute atomic E-state index is 6.17. The number of aryl methyl sites for hydroxylation is 1. The molecule has 2 unspecified atom stereocenters. The number of fused-ring (bicyclic) bond motifs is 2. The fraction of sp³-hybridized carbons (Fsp3) is 0.143. The number of rotatable bonds is 2. The molecule has 1 aliphatic carbocycles. The molecular formula is C21H19N2O+. The first-order valence-corrected chi connectivity index (χ1v) is 8.46. The van der Waals surface area contributed by atoms with Gasteiger partial charge in [0.2, 0.25) is 6.23 Å². The molecule has 3 heteroatoms. The SMILES string of the molecule is C1=C[NH+](C2C=CN(c3ccccc3)O2)C2=C1c1ccccc1CC2. The highest BCUT2D eigenvalue weighted by Crippen LogP contribution is 2.32. The van der Waals surface area contributed by atoms with Gasteiger partial charge < -0.3 is 0 Å². The Labute approximate surface area is 141 Å². The highest BCUT2D eigenvalue weighted by atomic mass is 16.7. The average Bonchev–Trinajstić information content (AvgIpc) is 3.29. The van der Waals surface area contributed by atoms with Crippen molar-refractivity contribution in [2.24, 2.45) is 0 Å². The van der Waals surface area contributed by atoms with E-state index < -0.39 is 0 Å². The maximum Gasteiger partial charge on any atom is 0.246 e. The molecule has 0 aromatic heterocycles. The Morgan fingerprint density at radius 1 is 0.958 bits per heavy atom.